The summed E-state index contributed by atoms with van der Waals surface area (Å²) in [6.07, 6.45) is 8.24. The van der Waals surface area contributed by atoms with Crippen LogP contribution >= 0.6 is 0 Å². The van der Waals surface area contributed by atoms with E-state index in [4.69, 9.17) is 29.2 Å². The predicted molar refractivity (Wildman–Crippen MR) is 290 cm³/mol. The largest absolute Gasteiger partial charge is 0.508 e. The summed E-state index contributed by atoms with van der Waals surface area (Å²) in [6, 6.07) is 11.4. The zero-order valence-electron chi connectivity index (χ0n) is 44.8. The summed E-state index contributed by atoms with van der Waals surface area (Å²) < 4.78 is 51.7. The van der Waals surface area contributed by atoms with Gasteiger partial charge in [0.25, 0.3) is 5.91 Å². The smallest absolute Gasteiger partial charge is 0.409 e. The van der Waals surface area contributed by atoms with Gasteiger partial charge in [-0.3, -0.25) is 29.5 Å². The number of piperidine rings is 2. The predicted octanol–water partition coefficient (Wildman–Crippen LogP) is 6.74. The Morgan fingerprint density at radius 1 is 0.861 bits per heavy atom. The van der Waals surface area contributed by atoms with E-state index in [0.29, 0.717) is 115 Å². The lowest BCUT2D eigenvalue weighted by molar-refractivity contribution is -0.136. The van der Waals surface area contributed by atoms with Gasteiger partial charge >= 0.3 is 12.1 Å². The second kappa shape index (κ2) is 21.0. The van der Waals surface area contributed by atoms with Crippen LogP contribution in [-0.4, -0.2) is 172 Å². The summed E-state index contributed by atoms with van der Waals surface area (Å²) in [7, 11) is 0. The zero-order valence-corrected chi connectivity index (χ0v) is 44.8. The van der Waals surface area contributed by atoms with Crippen molar-refractivity contribution in [2.45, 2.75) is 114 Å². The lowest BCUT2D eigenvalue weighted by Gasteiger charge is -2.39. The quantitative estimate of drug-likeness (QED) is 0.132. The Hall–Kier alpha value is -6.77. The first kappa shape index (κ1) is 51.7. The number of hydrogen-bond donors (Lipinski definition) is 2. The highest BCUT2D eigenvalue weighted by Crippen LogP contribution is 2.45. The Kier molecular flexibility index (Phi) is 13.8. The summed E-state index contributed by atoms with van der Waals surface area (Å²) in [5.74, 6) is -0.923. The molecule has 3 aromatic carbocycles. The molecule has 10 heterocycles. The molecule has 79 heavy (non-hydrogen) atoms. The molecule has 8 aliphatic heterocycles. The van der Waals surface area contributed by atoms with Gasteiger partial charge in [0, 0.05) is 94.8 Å². The van der Waals surface area contributed by atoms with Crippen LogP contribution in [0.15, 0.2) is 42.5 Å². The van der Waals surface area contributed by atoms with Crippen molar-refractivity contribution in [3.8, 4) is 23.0 Å². The Morgan fingerprint density at radius 2 is 1.71 bits per heavy atom. The van der Waals surface area contributed by atoms with Gasteiger partial charge in [0.15, 0.2) is 5.82 Å². The molecule has 4 atom stereocenters. The number of aromatic hydroxyl groups is 1. The standard InChI is InChI=1S/C59H68F2N10O8/c1-2-42-45(60)9-5-36-28-41(72)29-44(49(36)42)52-51(61)53-50-46(62-52)10-7-39-32-77-26-4-18-69(39)54(50)65-57(64-53)79-34-59-16-3-19-71(59)40(13-17-59)33-78-58(76)68-24-22-66(23-25-68)30-35-14-20-67(21-15-35)38-6-8-43-37(27-38)31-70(56(43)75)47-11-12-48(73)63-55(47)74/h5-6,8-9,27-29,35,39-40,47,72H,2-4,7,10-26,30-34H2,1H3,(H,63,73,74)/t39-,40-,47?,59-/m0/s1. The van der Waals surface area contributed by atoms with Gasteiger partial charge in [-0.2, -0.15) is 9.97 Å². The first-order valence-corrected chi connectivity index (χ1v) is 28.7. The number of benzene rings is 3. The average molecular weight is 1080 g/mol. The highest BCUT2D eigenvalue weighted by Gasteiger charge is 2.50. The Balaban J connectivity index is 0.632. The van der Waals surface area contributed by atoms with Crippen LogP contribution in [0.25, 0.3) is 32.9 Å². The number of nitrogens with one attached hydrogen (secondary N) is 1. The number of fused-ring (bicyclic) bond motifs is 5. The first-order valence-electron chi connectivity index (χ1n) is 28.7. The summed E-state index contributed by atoms with van der Waals surface area (Å²) in [5, 5.41) is 14.9. The third kappa shape index (κ3) is 9.53. The van der Waals surface area contributed by atoms with E-state index in [2.05, 4.69) is 31.0 Å². The van der Waals surface area contributed by atoms with Crippen molar-refractivity contribution in [3.63, 3.8) is 0 Å². The monoisotopic (exact) mass is 1080 g/mol. The van der Waals surface area contributed by atoms with Crippen molar-refractivity contribution < 1.29 is 47.3 Å². The van der Waals surface area contributed by atoms with Crippen LogP contribution < -0.4 is 19.9 Å². The number of rotatable bonds is 11. The number of carbonyl (C=O) groups excluding carboxylic acids is 4. The van der Waals surface area contributed by atoms with Gasteiger partial charge in [-0.15, -0.1) is 0 Å². The Bertz CT molecular complexity index is 3260. The summed E-state index contributed by atoms with van der Waals surface area (Å²) in [6.45, 7) is 11.0. The van der Waals surface area contributed by atoms with E-state index in [0.717, 1.165) is 95.5 Å². The van der Waals surface area contributed by atoms with E-state index < -0.39 is 23.6 Å². The van der Waals surface area contributed by atoms with Crippen molar-refractivity contribution in [2.24, 2.45) is 5.92 Å². The number of amides is 4. The van der Waals surface area contributed by atoms with Gasteiger partial charge in [0.05, 0.1) is 29.3 Å². The molecule has 1 unspecified atom stereocenters. The molecule has 13 rings (SSSR count). The molecule has 5 aromatic rings. The molecule has 416 valence electrons. The third-order valence-electron chi connectivity index (χ3n) is 18.5. The summed E-state index contributed by atoms with van der Waals surface area (Å²) >= 11 is 0. The number of aryl methyl sites for hydroxylation is 2. The fraction of sp³-hybridized carbons (Fsp3) is 0.542. The topological polar surface area (TPSA) is 186 Å². The minimum Gasteiger partial charge on any atom is -0.508 e. The number of aromatic nitrogens is 3. The van der Waals surface area contributed by atoms with Crippen molar-refractivity contribution in [3.05, 3.63) is 76.5 Å². The number of carbonyl (C=O) groups is 4. The number of imide groups is 1. The molecule has 0 radical (unpaired) electrons. The van der Waals surface area contributed by atoms with Gasteiger partial charge in [0.2, 0.25) is 11.8 Å². The van der Waals surface area contributed by atoms with Crippen molar-refractivity contribution in [1.29, 1.82) is 0 Å². The van der Waals surface area contributed by atoms with Gasteiger partial charge in [-0.05, 0) is 141 Å². The molecule has 0 saturated carbocycles. The van der Waals surface area contributed by atoms with Crippen LogP contribution in [0.3, 0.4) is 0 Å². The minimum absolute atomic E-state index is 0.00459. The van der Waals surface area contributed by atoms with E-state index in [1.807, 2.05) is 24.0 Å². The number of phenolic OH excluding ortho intramolecular Hbond substituents is 1. The van der Waals surface area contributed by atoms with Crippen LogP contribution in [0.1, 0.15) is 98.3 Å². The number of ether oxygens (including phenoxy) is 3. The molecular weight excluding hydrogens is 1010 g/mol. The first-order chi connectivity index (χ1) is 38.4. The lowest BCUT2D eigenvalue weighted by Crippen LogP contribution is -2.52. The van der Waals surface area contributed by atoms with Crippen LogP contribution in [0, 0.1) is 17.6 Å². The second-order valence-electron chi connectivity index (χ2n) is 23.1. The minimum atomic E-state index is -0.685. The molecule has 0 spiro atoms. The van der Waals surface area contributed by atoms with Crippen LogP contribution in [0.2, 0.25) is 0 Å². The van der Waals surface area contributed by atoms with Crippen molar-refractivity contribution in [1.82, 2.24) is 39.9 Å². The SMILES string of the molecule is CCc1c(F)ccc2cc(O)cc(-c3nc4c5c(nc(OC[C@@]67CCCN6[C@H](COC(=O)N6CCN(CC8CCN(c9ccc%10c(c9)CN(C9CCC(=O)NC9=O)C%10=O)CC8)CC6)CC7)nc5c3F)N3CCCOC[C@@H]3CC4)c12. The van der Waals surface area contributed by atoms with E-state index in [-0.39, 0.29) is 78.1 Å². The fourth-order valence-corrected chi connectivity index (χ4v) is 14.4. The van der Waals surface area contributed by atoms with Gasteiger partial charge in [-0.25, -0.2) is 18.6 Å². The third-order valence-corrected chi connectivity index (χ3v) is 18.5. The maximum absolute atomic E-state index is 17.5. The van der Waals surface area contributed by atoms with Gasteiger partial charge < -0.3 is 38.9 Å². The highest BCUT2D eigenvalue weighted by atomic mass is 19.1. The number of piperazine rings is 1. The van der Waals surface area contributed by atoms with Crippen LogP contribution in [-0.2, 0) is 38.4 Å². The van der Waals surface area contributed by atoms with Gasteiger partial charge in [0.1, 0.15) is 47.9 Å². The summed E-state index contributed by atoms with van der Waals surface area (Å²) in [5.41, 5.74) is 3.72. The number of halogens is 2. The molecular formula is C59H68F2N10O8. The zero-order chi connectivity index (χ0) is 54.1. The Labute approximate surface area is 457 Å². The van der Waals surface area contributed by atoms with Crippen LogP contribution in [0.4, 0.5) is 25.1 Å². The molecule has 4 amide bonds. The molecule has 20 heteroatoms. The molecule has 18 nitrogen and oxygen atoms in total. The highest BCUT2D eigenvalue weighted by molar-refractivity contribution is 6.06. The molecule has 2 N–H and O–H groups in total. The number of anilines is 2. The van der Waals surface area contributed by atoms with Gasteiger partial charge in [-0.1, -0.05) is 13.0 Å². The normalized spacial score (nSPS) is 24.9. The van der Waals surface area contributed by atoms with E-state index in [1.165, 1.54) is 12.1 Å². The maximum atomic E-state index is 17.5. The molecule has 6 fully saturated rings. The maximum Gasteiger partial charge on any atom is 0.409 e. The summed E-state index contributed by atoms with van der Waals surface area (Å²) in [4.78, 5) is 78.9. The van der Waals surface area contributed by atoms with Crippen LogP contribution in [0.5, 0.6) is 11.8 Å². The second-order valence-corrected chi connectivity index (χ2v) is 23.1. The van der Waals surface area contributed by atoms with E-state index in [1.54, 1.807) is 17.0 Å². The lowest BCUT2D eigenvalue weighted by atomic mass is 9.94. The molecule has 0 bridgehead atoms. The molecule has 6 saturated heterocycles. The van der Waals surface area contributed by atoms with E-state index in [9.17, 15) is 24.3 Å². The number of nitrogens with zero attached hydrogens (tertiary/aromatic N) is 9. The number of hydrogen-bond acceptors (Lipinski definition) is 15. The average Bonchev–Trinajstić information content (AvgIpc) is 4.26. The number of phenols is 1. The van der Waals surface area contributed by atoms with E-state index >= 15 is 8.78 Å². The number of pyridine rings is 1. The van der Waals surface area contributed by atoms with Crippen molar-refractivity contribution >= 4 is 57.0 Å². The Morgan fingerprint density at radius 3 is 2.53 bits per heavy atom. The molecule has 0 aliphatic carbocycles. The van der Waals surface area contributed by atoms with Crippen molar-refractivity contribution in [2.75, 3.05) is 95.1 Å². The molecule has 2 aromatic heterocycles. The molecule has 8 aliphatic rings. The fourth-order valence-electron chi connectivity index (χ4n) is 14.4.